The Morgan fingerprint density at radius 2 is 1.94 bits per heavy atom. The summed E-state index contributed by atoms with van der Waals surface area (Å²) in [4.78, 5) is 17.9. The van der Waals surface area contributed by atoms with Crippen molar-refractivity contribution in [3.8, 4) is 5.82 Å². The van der Waals surface area contributed by atoms with Gasteiger partial charge in [-0.15, -0.1) is 11.3 Å². The minimum atomic E-state index is -3.74. The lowest BCUT2D eigenvalue weighted by molar-refractivity contribution is 0.0950. The van der Waals surface area contributed by atoms with E-state index in [-0.39, 0.29) is 29.5 Å². The number of aromatic nitrogens is 3. The van der Waals surface area contributed by atoms with E-state index < -0.39 is 10.0 Å². The molecule has 0 unspecified atom stereocenters. The molecule has 0 aliphatic heterocycles. The zero-order chi connectivity index (χ0) is 21.7. The van der Waals surface area contributed by atoms with E-state index in [2.05, 4.69) is 20.1 Å². The lowest BCUT2D eigenvalue weighted by Gasteiger charge is -2.11. The van der Waals surface area contributed by atoms with Gasteiger partial charge in [-0.3, -0.25) is 4.79 Å². The van der Waals surface area contributed by atoms with Crippen LogP contribution in [0.5, 0.6) is 0 Å². The number of sulfonamides is 1. The van der Waals surface area contributed by atoms with Crippen molar-refractivity contribution in [1.82, 2.24) is 24.8 Å². The molecule has 8 nitrogen and oxygen atoms in total. The summed E-state index contributed by atoms with van der Waals surface area (Å²) in [6.45, 7) is 0.420. The third-order valence-electron chi connectivity index (χ3n) is 4.45. The highest BCUT2D eigenvalue weighted by Gasteiger charge is 2.17. The molecular formula is C21H19N5O3S2. The van der Waals surface area contributed by atoms with Crippen LogP contribution in [0.15, 0.2) is 83.5 Å². The summed E-state index contributed by atoms with van der Waals surface area (Å²) in [5, 5.41) is 8.88. The van der Waals surface area contributed by atoms with Crippen LogP contribution in [0, 0.1) is 0 Å². The summed E-state index contributed by atoms with van der Waals surface area (Å²) in [6, 6.07) is 15.1. The van der Waals surface area contributed by atoms with Crippen LogP contribution in [0.25, 0.3) is 5.82 Å². The minimum Gasteiger partial charge on any atom is -0.348 e. The summed E-state index contributed by atoms with van der Waals surface area (Å²) in [5.74, 6) is 0.229. The summed E-state index contributed by atoms with van der Waals surface area (Å²) < 4.78 is 29.4. The van der Waals surface area contributed by atoms with E-state index in [0.717, 1.165) is 10.4 Å². The maximum Gasteiger partial charge on any atom is 0.251 e. The molecule has 3 heterocycles. The molecule has 158 valence electrons. The molecule has 0 aliphatic rings. The Morgan fingerprint density at radius 3 is 2.71 bits per heavy atom. The molecule has 3 aromatic heterocycles. The van der Waals surface area contributed by atoms with E-state index in [0.29, 0.717) is 5.82 Å². The van der Waals surface area contributed by atoms with Gasteiger partial charge < -0.3 is 5.32 Å². The second kappa shape index (κ2) is 9.21. The Hall–Kier alpha value is -3.34. The second-order valence-corrected chi connectivity index (χ2v) is 9.35. The molecule has 2 N–H and O–H groups in total. The number of carbonyl (C=O) groups is 1. The molecule has 4 aromatic rings. The lowest BCUT2D eigenvalue weighted by Crippen LogP contribution is -2.25. The first-order chi connectivity index (χ1) is 15.0. The van der Waals surface area contributed by atoms with E-state index in [4.69, 9.17) is 0 Å². The summed E-state index contributed by atoms with van der Waals surface area (Å²) in [7, 11) is -3.74. The number of rotatable bonds is 8. The van der Waals surface area contributed by atoms with Gasteiger partial charge in [-0.2, -0.15) is 5.10 Å². The van der Waals surface area contributed by atoms with E-state index in [1.54, 1.807) is 47.5 Å². The number of hydrogen-bond donors (Lipinski definition) is 2. The van der Waals surface area contributed by atoms with E-state index >= 15 is 0 Å². The Morgan fingerprint density at radius 1 is 1.03 bits per heavy atom. The van der Waals surface area contributed by atoms with E-state index in [9.17, 15) is 13.2 Å². The van der Waals surface area contributed by atoms with Gasteiger partial charge in [0.15, 0.2) is 5.82 Å². The molecule has 0 spiro atoms. The number of amides is 1. The average molecular weight is 454 g/mol. The predicted molar refractivity (Wildman–Crippen MR) is 117 cm³/mol. The standard InChI is InChI=1S/C21H19N5O3S2/c27-21(23-14-17-6-2-9-22-20(17)26-11-4-10-24-26)16-5-1-8-19(13-16)31(28,29)25-15-18-7-3-12-30-18/h1-13,25H,14-15H2,(H,23,27). The fraction of sp³-hybridized carbons (Fsp3) is 0.0952. The van der Waals surface area contributed by atoms with Gasteiger partial charge in [0.05, 0.1) is 4.90 Å². The Kier molecular flexibility index (Phi) is 6.21. The van der Waals surface area contributed by atoms with Crippen molar-refractivity contribution >= 4 is 27.3 Å². The predicted octanol–water partition coefficient (Wildman–Crippen LogP) is 2.74. The maximum atomic E-state index is 12.7. The van der Waals surface area contributed by atoms with Gasteiger partial charge >= 0.3 is 0 Å². The number of pyridine rings is 1. The molecule has 0 bridgehead atoms. The van der Waals surface area contributed by atoms with Gasteiger partial charge in [-0.05, 0) is 41.8 Å². The van der Waals surface area contributed by atoms with Crippen molar-refractivity contribution in [2.45, 2.75) is 18.0 Å². The lowest BCUT2D eigenvalue weighted by atomic mass is 10.2. The van der Waals surface area contributed by atoms with Crippen LogP contribution in [0.2, 0.25) is 0 Å². The second-order valence-electron chi connectivity index (χ2n) is 6.55. The highest BCUT2D eigenvalue weighted by atomic mass is 32.2. The van der Waals surface area contributed by atoms with Gasteiger partial charge in [0, 0.05) is 47.7 Å². The third kappa shape index (κ3) is 5.05. The molecule has 4 rings (SSSR count). The molecule has 1 aromatic carbocycles. The number of carbonyl (C=O) groups excluding carboxylic acids is 1. The van der Waals surface area contributed by atoms with Crippen LogP contribution >= 0.6 is 11.3 Å². The van der Waals surface area contributed by atoms with Crippen molar-refractivity contribution < 1.29 is 13.2 Å². The Balaban J connectivity index is 1.45. The maximum absolute atomic E-state index is 12.7. The van der Waals surface area contributed by atoms with Gasteiger partial charge in [0.2, 0.25) is 10.0 Å². The number of nitrogens with one attached hydrogen (secondary N) is 2. The first-order valence-electron chi connectivity index (χ1n) is 9.37. The SMILES string of the molecule is O=C(NCc1cccnc1-n1cccn1)c1cccc(S(=O)(=O)NCc2cccs2)c1. The van der Waals surface area contributed by atoms with Crippen LogP contribution in [-0.4, -0.2) is 29.1 Å². The number of hydrogen-bond acceptors (Lipinski definition) is 6. The quantitative estimate of drug-likeness (QED) is 0.427. The molecule has 0 radical (unpaired) electrons. The smallest absolute Gasteiger partial charge is 0.251 e. The van der Waals surface area contributed by atoms with Crippen LogP contribution in [0.4, 0.5) is 0 Å². The molecule has 0 aliphatic carbocycles. The normalized spacial score (nSPS) is 11.4. The van der Waals surface area contributed by atoms with Crippen LogP contribution in [-0.2, 0) is 23.1 Å². The molecule has 0 saturated carbocycles. The first-order valence-corrected chi connectivity index (χ1v) is 11.7. The topological polar surface area (TPSA) is 106 Å². The van der Waals surface area contributed by atoms with Gasteiger partial charge in [-0.1, -0.05) is 18.2 Å². The highest BCUT2D eigenvalue weighted by molar-refractivity contribution is 7.89. The molecule has 31 heavy (non-hydrogen) atoms. The van der Waals surface area contributed by atoms with Crippen LogP contribution < -0.4 is 10.0 Å². The van der Waals surface area contributed by atoms with Crippen LogP contribution in [0.3, 0.4) is 0 Å². The minimum absolute atomic E-state index is 0.0373. The molecule has 0 saturated heterocycles. The molecule has 0 atom stereocenters. The Bertz CT molecular complexity index is 1270. The van der Waals surface area contributed by atoms with Crippen molar-refractivity contribution in [2.75, 3.05) is 0 Å². The zero-order valence-corrected chi connectivity index (χ0v) is 17.9. The summed E-state index contributed by atoms with van der Waals surface area (Å²) in [6.07, 6.45) is 5.07. The van der Waals surface area contributed by atoms with Crippen molar-refractivity contribution in [3.05, 3.63) is 94.6 Å². The fourth-order valence-electron chi connectivity index (χ4n) is 2.91. The summed E-state index contributed by atoms with van der Waals surface area (Å²) in [5.41, 5.74) is 1.03. The molecule has 1 amide bonds. The zero-order valence-electron chi connectivity index (χ0n) is 16.3. The van der Waals surface area contributed by atoms with Crippen LogP contribution in [0.1, 0.15) is 20.8 Å². The molecule has 0 fully saturated rings. The number of benzene rings is 1. The average Bonchev–Trinajstić information content (AvgIpc) is 3.51. The van der Waals surface area contributed by atoms with Gasteiger partial charge in [-0.25, -0.2) is 22.8 Å². The number of thiophene rings is 1. The van der Waals surface area contributed by atoms with Crippen molar-refractivity contribution in [2.24, 2.45) is 0 Å². The Labute approximate surface area is 183 Å². The first kappa shape index (κ1) is 20.9. The highest BCUT2D eigenvalue weighted by Crippen LogP contribution is 2.15. The fourth-order valence-corrected chi connectivity index (χ4v) is 4.70. The largest absolute Gasteiger partial charge is 0.348 e. The van der Waals surface area contributed by atoms with Gasteiger partial charge in [0.25, 0.3) is 5.91 Å². The van der Waals surface area contributed by atoms with Gasteiger partial charge in [0.1, 0.15) is 0 Å². The molecule has 10 heteroatoms. The monoisotopic (exact) mass is 453 g/mol. The van der Waals surface area contributed by atoms with E-state index in [1.165, 1.54) is 23.5 Å². The third-order valence-corrected chi connectivity index (χ3v) is 6.73. The van der Waals surface area contributed by atoms with Crippen molar-refractivity contribution in [3.63, 3.8) is 0 Å². The molecular weight excluding hydrogens is 434 g/mol. The van der Waals surface area contributed by atoms with E-state index in [1.807, 2.05) is 23.6 Å². The summed E-state index contributed by atoms with van der Waals surface area (Å²) >= 11 is 1.47. The number of nitrogens with zero attached hydrogens (tertiary/aromatic N) is 3. The van der Waals surface area contributed by atoms with Crippen molar-refractivity contribution in [1.29, 1.82) is 0 Å².